The van der Waals surface area contributed by atoms with Gasteiger partial charge in [0.1, 0.15) is 12.7 Å². The SMILES string of the molecule is CC(=O)OC[C@H](O)C1OC(=O)C(O)=C1O. The summed E-state index contributed by atoms with van der Waals surface area (Å²) in [6.45, 7) is 0.700. The number of aliphatic hydroxyl groups is 3. The molecule has 2 atom stereocenters. The van der Waals surface area contributed by atoms with Crippen molar-refractivity contribution in [1.82, 2.24) is 0 Å². The minimum Gasteiger partial charge on any atom is -0.505 e. The highest BCUT2D eigenvalue weighted by Gasteiger charge is 2.39. The van der Waals surface area contributed by atoms with Crippen LogP contribution in [0.2, 0.25) is 0 Å². The third-order valence-corrected chi connectivity index (χ3v) is 1.75. The van der Waals surface area contributed by atoms with E-state index in [1.54, 1.807) is 0 Å². The van der Waals surface area contributed by atoms with Crippen molar-refractivity contribution < 1.29 is 34.4 Å². The molecular weight excluding hydrogens is 208 g/mol. The van der Waals surface area contributed by atoms with Crippen LogP contribution >= 0.6 is 0 Å². The Morgan fingerprint density at radius 2 is 2.20 bits per heavy atom. The first kappa shape index (κ1) is 11.3. The second kappa shape index (κ2) is 4.18. The van der Waals surface area contributed by atoms with Crippen LogP contribution in [-0.2, 0) is 19.1 Å². The highest BCUT2D eigenvalue weighted by atomic mass is 16.6. The molecule has 1 rings (SSSR count). The second-order valence-electron chi connectivity index (χ2n) is 2.93. The Hall–Kier alpha value is -1.76. The Labute approximate surface area is 84.5 Å². The number of hydrogen-bond acceptors (Lipinski definition) is 7. The Morgan fingerprint density at radius 3 is 2.60 bits per heavy atom. The van der Waals surface area contributed by atoms with Crippen molar-refractivity contribution >= 4 is 11.9 Å². The molecule has 7 heteroatoms. The van der Waals surface area contributed by atoms with Crippen LogP contribution in [0.4, 0.5) is 0 Å². The molecule has 0 aliphatic carbocycles. The second-order valence-corrected chi connectivity index (χ2v) is 2.93. The monoisotopic (exact) mass is 218 g/mol. The van der Waals surface area contributed by atoms with Crippen molar-refractivity contribution in [3.63, 3.8) is 0 Å². The van der Waals surface area contributed by atoms with Crippen LogP contribution in [0.1, 0.15) is 6.92 Å². The summed E-state index contributed by atoms with van der Waals surface area (Å²) in [4.78, 5) is 21.1. The summed E-state index contributed by atoms with van der Waals surface area (Å²) in [5.74, 6) is -3.45. The summed E-state index contributed by atoms with van der Waals surface area (Å²) >= 11 is 0. The summed E-state index contributed by atoms with van der Waals surface area (Å²) in [6, 6.07) is 0. The third kappa shape index (κ3) is 2.38. The Kier molecular flexibility index (Phi) is 3.15. The van der Waals surface area contributed by atoms with E-state index in [1.807, 2.05) is 0 Å². The summed E-state index contributed by atoms with van der Waals surface area (Å²) in [7, 11) is 0. The number of carbonyl (C=O) groups excluding carboxylic acids is 2. The highest BCUT2D eigenvalue weighted by molar-refractivity contribution is 5.89. The van der Waals surface area contributed by atoms with Gasteiger partial charge in [-0.25, -0.2) is 4.79 Å². The smallest absolute Gasteiger partial charge is 0.377 e. The van der Waals surface area contributed by atoms with Crippen molar-refractivity contribution in [1.29, 1.82) is 0 Å². The molecule has 1 unspecified atom stereocenters. The molecule has 0 saturated carbocycles. The van der Waals surface area contributed by atoms with Gasteiger partial charge in [0.2, 0.25) is 5.76 Å². The first-order chi connectivity index (χ1) is 6.93. The van der Waals surface area contributed by atoms with Gasteiger partial charge in [-0.1, -0.05) is 0 Å². The molecule has 0 aromatic rings. The van der Waals surface area contributed by atoms with Gasteiger partial charge >= 0.3 is 11.9 Å². The normalized spacial score (nSPS) is 22.5. The fourth-order valence-electron chi connectivity index (χ4n) is 1.02. The molecule has 0 bridgehead atoms. The van der Waals surface area contributed by atoms with Gasteiger partial charge in [0.05, 0.1) is 0 Å². The minimum absolute atomic E-state index is 0.440. The van der Waals surface area contributed by atoms with Gasteiger partial charge in [-0.2, -0.15) is 0 Å². The number of aliphatic hydroxyl groups excluding tert-OH is 3. The number of esters is 2. The van der Waals surface area contributed by atoms with Gasteiger partial charge in [-0.05, 0) is 0 Å². The van der Waals surface area contributed by atoms with Crippen LogP contribution in [0.5, 0.6) is 0 Å². The van der Waals surface area contributed by atoms with Gasteiger partial charge in [-0.3, -0.25) is 4.79 Å². The van der Waals surface area contributed by atoms with Crippen LogP contribution in [0, 0.1) is 0 Å². The van der Waals surface area contributed by atoms with E-state index in [0.717, 1.165) is 6.92 Å². The van der Waals surface area contributed by atoms with Crippen molar-refractivity contribution in [2.24, 2.45) is 0 Å². The Balaban J connectivity index is 2.59. The molecular formula is C8H10O7. The molecule has 0 saturated heterocycles. The molecule has 1 aliphatic rings. The van der Waals surface area contributed by atoms with Crippen molar-refractivity contribution in [2.45, 2.75) is 19.1 Å². The van der Waals surface area contributed by atoms with Crippen LogP contribution < -0.4 is 0 Å². The van der Waals surface area contributed by atoms with Crippen LogP contribution in [0.25, 0.3) is 0 Å². The molecule has 0 fully saturated rings. The maximum Gasteiger partial charge on any atom is 0.377 e. The molecule has 0 radical (unpaired) electrons. The van der Waals surface area contributed by atoms with Gasteiger partial charge in [0.25, 0.3) is 0 Å². The van der Waals surface area contributed by atoms with Crippen molar-refractivity contribution in [3.8, 4) is 0 Å². The molecule has 1 heterocycles. The molecule has 0 aromatic carbocycles. The largest absolute Gasteiger partial charge is 0.505 e. The molecule has 3 N–H and O–H groups in total. The van der Waals surface area contributed by atoms with Crippen LogP contribution in [0.3, 0.4) is 0 Å². The number of ether oxygens (including phenoxy) is 2. The van der Waals surface area contributed by atoms with Crippen molar-refractivity contribution in [3.05, 3.63) is 11.5 Å². The van der Waals surface area contributed by atoms with Crippen LogP contribution in [0.15, 0.2) is 11.5 Å². The summed E-state index contributed by atoms with van der Waals surface area (Å²) in [5.41, 5.74) is 0. The quantitative estimate of drug-likeness (QED) is 0.529. The zero-order valence-corrected chi connectivity index (χ0v) is 7.84. The molecule has 0 spiro atoms. The first-order valence-corrected chi connectivity index (χ1v) is 4.08. The molecule has 1 aliphatic heterocycles. The lowest BCUT2D eigenvalue weighted by molar-refractivity contribution is -0.153. The molecule has 0 amide bonds. The zero-order chi connectivity index (χ0) is 11.6. The summed E-state index contributed by atoms with van der Waals surface area (Å²) in [5, 5.41) is 27.4. The lowest BCUT2D eigenvalue weighted by atomic mass is 10.2. The molecule has 0 aromatic heterocycles. The fraction of sp³-hybridized carbons (Fsp3) is 0.500. The standard InChI is InChI=1S/C8H10O7/c1-3(9)14-2-4(10)7-5(11)6(12)8(13)15-7/h4,7,10-12H,2H2,1H3/t4-,7?/m0/s1. The first-order valence-electron chi connectivity index (χ1n) is 4.08. The van der Waals surface area contributed by atoms with Gasteiger partial charge < -0.3 is 24.8 Å². The predicted molar refractivity (Wildman–Crippen MR) is 44.8 cm³/mol. The highest BCUT2D eigenvalue weighted by Crippen LogP contribution is 2.21. The molecule has 84 valence electrons. The van der Waals surface area contributed by atoms with E-state index in [-0.39, 0.29) is 0 Å². The average molecular weight is 218 g/mol. The molecule has 7 nitrogen and oxygen atoms in total. The Morgan fingerprint density at radius 1 is 1.60 bits per heavy atom. The van der Waals surface area contributed by atoms with E-state index in [0.29, 0.717) is 0 Å². The third-order valence-electron chi connectivity index (χ3n) is 1.75. The summed E-state index contributed by atoms with van der Waals surface area (Å²) in [6.07, 6.45) is -2.81. The number of cyclic esters (lactones) is 1. The van der Waals surface area contributed by atoms with Crippen molar-refractivity contribution in [2.75, 3.05) is 6.61 Å². The van der Waals surface area contributed by atoms with E-state index in [2.05, 4.69) is 9.47 Å². The van der Waals surface area contributed by atoms with Gasteiger partial charge in [0, 0.05) is 6.92 Å². The van der Waals surface area contributed by atoms with E-state index in [1.165, 1.54) is 0 Å². The van der Waals surface area contributed by atoms with Crippen LogP contribution in [-0.4, -0.2) is 46.1 Å². The maximum absolute atomic E-state index is 10.7. The number of hydrogen-bond donors (Lipinski definition) is 3. The van der Waals surface area contributed by atoms with Gasteiger partial charge in [0.15, 0.2) is 11.9 Å². The van der Waals surface area contributed by atoms with E-state index in [9.17, 15) is 14.7 Å². The predicted octanol–water partition coefficient (Wildman–Crippen LogP) is -0.837. The molecule has 15 heavy (non-hydrogen) atoms. The van der Waals surface area contributed by atoms with Gasteiger partial charge in [-0.15, -0.1) is 0 Å². The number of rotatable bonds is 3. The summed E-state index contributed by atoms with van der Waals surface area (Å²) < 4.78 is 8.86. The van der Waals surface area contributed by atoms with E-state index >= 15 is 0 Å². The topological polar surface area (TPSA) is 113 Å². The van der Waals surface area contributed by atoms with E-state index in [4.69, 9.17) is 10.2 Å². The minimum atomic E-state index is -1.41. The maximum atomic E-state index is 10.7. The lowest BCUT2D eigenvalue weighted by Gasteiger charge is -2.16. The fourth-order valence-corrected chi connectivity index (χ4v) is 1.02. The van der Waals surface area contributed by atoms with E-state index < -0.39 is 42.3 Å². The Bertz CT molecular complexity index is 319. The zero-order valence-electron chi connectivity index (χ0n) is 7.84. The lowest BCUT2D eigenvalue weighted by Crippen LogP contribution is -2.33. The number of carbonyl (C=O) groups is 2. The average Bonchev–Trinajstić information content (AvgIpc) is 2.42.